The van der Waals surface area contributed by atoms with Crippen LogP contribution >= 0.6 is 0 Å². The smallest absolute Gasteiger partial charge is 0.298 e. The van der Waals surface area contributed by atoms with Crippen molar-refractivity contribution < 1.29 is 13.5 Å². The lowest BCUT2D eigenvalue weighted by Gasteiger charge is -2.29. The molecule has 2 aliphatic rings. The van der Waals surface area contributed by atoms with Crippen LogP contribution in [-0.4, -0.2) is 42.3 Å². The predicted octanol–water partition coefficient (Wildman–Crippen LogP) is 4.24. The summed E-state index contributed by atoms with van der Waals surface area (Å²) in [6.07, 6.45) is 1.08. The number of halogens is 1. The Bertz CT molecular complexity index is 1250. The van der Waals surface area contributed by atoms with E-state index in [-0.39, 0.29) is 11.9 Å². The summed E-state index contributed by atoms with van der Waals surface area (Å²) in [5, 5.41) is 1.10. The Morgan fingerprint density at radius 3 is 2.97 bits per heavy atom. The summed E-state index contributed by atoms with van der Waals surface area (Å²) in [5.74, 6) is -0.208. The van der Waals surface area contributed by atoms with Crippen LogP contribution in [0.1, 0.15) is 18.2 Å². The van der Waals surface area contributed by atoms with Gasteiger partial charge >= 0.3 is 0 Å². The number of fused-ring (bicyclic) bond motifs is 4. The van der Waals surface area contributed by atoms with Gasteiger partial charge in [0.25, 0.3) is 6.01 Å². The molecule has 0 spiro atoms. The van der Waals surface area contributed by atoms with Crippen molar-refractivity contribution in [1.82, 2.24) is 9.97 Å². The van der Waals surface area contributed by atoms with Gasteiger partial charge in [-0.3, -0.25) is 0 Å². The minimum Gasteiger partial charge on any atom is -0.423 e. The van der Waals surface area contributed by atoms with E-state index >= 15 is 0 Å². The lowest BCUT2D eigenvalue weighted by atomic mass is 10.0. The fourth-order valence-electron chi connectivity index (χ4n) is 4.64. The van der Waals surface area contributed by atoms with Gasteiger partial charge in [0, 0.05) is 60.4 Å². The van der Waals surface area contributed by atoms with E-state index in [2.05, 4.69) is 33.8 Å². The number of oxazole rings is 1. The molecule has 1 N–H and O–H groups in total. The Balaban J connectivity index is 1.30. The third-order valence-corrected chi connectivity index (χ3v) is 6.17. The summed E-state index contributed by atoms with van der Waals surface area (Å²) in [7, 11) is 0. The average molecular weight is 406 g/mol. The number of rotatable bonds is 2. The molecule has 2 aromatic carbocycles. The Morgan fingerprint density at radius 2 is 2.07 bits per heavy atom. The van der Waals surface area contributed by atoms with E-state index in [1.165, 1.54) is 17.3 Å². The summed E-state index contributed by atoms with van der Waals surface area (Å²) in [5.41, 5.74) is 6.12. The molecule has 0 bridgehead atoms. The number of aromatic nitrogens is 2. The minimum absolute atomic E-state index is 0.177. The predicted molar refractivity (Wildman–Crippen MR) is 115 cm³/mol. The average Bonchev–Trinajstić information content (AvgIpc) is 3.33. The Kier molecular flexibility index (Phi) is 3.99. The number of aromatic amines is 1. The van der Waals surface area contributed by atoms with Gasteiger partial charge in [0.15, 0.2) is 5.58 Å². The third-order valence-electron chi connectivity index (χ3n) is 6.17. The van der Waals surface area contributed by atoms with Crippen LogP contribution in [0.25, 0.3) is 22.0 Å². The van der Waals surface area contributed by atoms with Crippen LogP contribution in [0.4, 0.5) is 16.1 Å². The van der Waals surface area contributed by atoms with Gasteiger partial charge in [0.05, 0.1) is 12.7 Å². The maximum absolute atomic E-state index is 13.6. The van der Waals surface area contributed by atoms with E-state index in [9.17, 15) is 4.39 Å². The molecule has 6 nitrogen and oxygen atoms in total. The van der Waals surface area contributed by atoms with E-state index in [4.69, 9.17) is 14.1 Å². The summed E-state index contributed by atoms with van der Waals surface area (Å²) >= 11 is 0. The first-order valence-corrected chi connectivity index (χ1v) is 10.4. The molecule has 2 aromatic heterocycles. The summed E-state index contributed by atoms with van der Waals surface area (Å²) in [6, 6.07) is 11.9. The highest BCUT2D eigenvalue weighted by Gasteiger charge is 2.24. The number of H-pyrrole nitrogens is 1. The van der Waals surface area contributed by atoms with Crippen molar-refractivity contribution in [2.45, 2.75) is 26.0 Å². The molecule has 30 heavy (non-hydrogen) atoms. The number of nitrogens with zero attached hydrogens (tertiary/aromatic N) is 3. The first-order valence-electron chi connectivity index (χ1n) is 10.4. The van der Waals surface area contributed by atoms with Crippen molar-refractivity contribution >= 4 is 33.7 Å². The number of ether oxygens (including phenoxy) is 1. The van der Waals surface area contributed by atoms with Crippen molar-refractivity contribution in [2.24, 2.45) is 0 Å². The molecular weight excluding hydrogens is 383 g/mol. The number of hydrogen-bond acceptors (Lipinski definition) is 5. The molecule has 6 rings (SSSR count). The highest BCUT2D eigenvalue weighted by molar-refractivity contribution is 5.86. The lowest BCUT2D eigenvalue weighted by molar-refractivity contribution is 0.0515. The molecule has 1 saturated heterocycles. The molecule has 0 radical (unpaired) electrons. The van der Waals surface area contributed by atoms with E-state index in [0.717, 1.165) is 60.3 Å². The molecule has 4 aromatic rings. The van der Waals surface area contributed by atoms with Gasteiger partial charge in [-0.15, -0.1) is 0 Å². The monoisotopic (exact) mass is 406 g/mol. The van der Waals surface area contributed by atoms with Crippen LogP contribution in [-0.2, 0) is 17.7 Å². The zero-order valence-electron chi connectivity index (χ0n) is 16.8. The molecule has 154 valence electrons. The van der Waals surface area contributed by atoms with Crippen LogP contribution in [0, 0.1) is 5.82 Å². The van der Waals surface area contributed by atoms with E-state index in [0.29, 0.717) is 12.6 Å². The third kappa shape index (κ3) is 2.92. The van der Waals surface area contributed by atoms with Crippen molar-refractivity contribution in [3.63, 3.8) is 0 Å². The Labute approximate surface area is 173 Å². The van der Waals surface area contributed by atoms with Crippen molar-refractivity contribution in [2.75, 3.05) is 36.0 Å². The highest BCUT2D eigenvalue weighted by atomic mass is 19.1. The van der Waals surface area contributed by atoms with Gasteiger partial charge in [-0.1, -0.05) is 0 Å². The van der Waals surface area contributed by atoms with Crippen LogP contribution < -0.4 is 9.80 Å². The molecular formula is C23H23FN4O2. The maximum Gasteiger partial charge on any atom is 0.298 e. The van der Waals surface area contributed by atoms with E-state index < -0.39 is 0 Å². The number of benzene rings is 2. The van der Waals surface area contributed by atoms with Crippen molar-refractivity contribution in [3.8, 4) is 0 Å². The van der Waals surface area contributed by atoms with Gasteiger partial charge in [-0.25, -0.2) is 4.39 Å². The fraction of sp³-hybridized carbons (Fsp3) is 0.348. The molecule has 1 atom stereocenters. The van der Waals surface area contributed by atoms with Crippen LogP contribution in [0.2, 0.25) is 0 Å². The quantitative estimate of drug-likeness (QED) is 0.540. The van der Waals surface area contributed by atoms with Gasteiger partial charge < -0.3 is 23.9 Å². The molecule has 1 fully saturated rings. The molecule has 0 amide bonds. The SMILES string of the molecule is C[C@H]1CN(c2nc3cc(N4CCc5[nH]c6cc(F)ccc6c5C4)ccc3o2)CCO1. The van der Waals surface area contributed by atoms with Crippen LogP contribution in [0.3, 0.4) is 0 Å². The molecule has 2 aliphatic heterocycles. The van der Waals surface area contributed by atoms with E-state index in [1.54, 1.807) is 6.07 Å². The second-order valence-electron chi connectivity index (χ2n) is 8.22. The topological polar surface area (TPSA) is 57.5 Å². The van der Waals surface area contributed by atoms with E-state index in [1.807, 2.05) is 12.1 Å². The normalized spacial score (nSPS) is 19.6. The van der Waals surface area contributed by atoms with Crippen molar-refractivity contribution in [1.29, 1.82) is 0 Å². The largest absolute Gasteiger partial charge is 0.423 e. The van der Waals surface area contributed by atoms with Gasteiger partial charge in [0.2, 0.25) is 0 Å². The second kappa shape index (κ2) is 6.74. The summed E-state index contributed by atoms with van der Waals surface area (Å²) < 4.78 is 25.2. The molecule has 0 saturated carbocycles. The standard InChI is InChI=1S/C23H23FN4O2/c1-14-12-28(8-9-29-14)23-26-21-11-16(3-5-22(21)30-23)27-7-6-19-18(13-27)17-4-2-15(24)10-20(17)25-19/h2-5,10-11,14,25H,6-9,12-13H2,1H3/t14-/m0/s1. The lowest BCUT2D eigenvalue weighted by Crippen LogP contribution is -2.41. The molecule has 7 heteroatoms. The highest BCUT2D eigenvalue weighted by Crippen LogP contribution is 2.33. The number of anilines is 2. The molecule has 0 unspecified atom stereocenters. The molecule has 4 heterocycles. The Morgan fingerprint density at radius 1 is 1.13 bits per heavy atom. The first kappa shape index (κ1) is 17.8. The summed E-state index contributed by atoms with van der Waals surface area (Å²) in [6.45, 7) is 6.03. The number of hydrogen-bond donors (Lipinski definition) is 1. The van der Waals surface area contributed by atoms with Crippen LogP contribution in [0.5, 0.6) is 0 Å². The molecule has 0 aliphatic carbocycles. The van der Waals surface area contributed by atoms with Gasteiger partial charge in [-0.05, 0) is 43.3 Å². The fourth-order valence-corrected chi connectivity index (χ4v) is 4.64. The number of nitrogens with one attached hydrogen (secondary N) is 1. The maximum atomic E-state index is 13.6. The minimum atomic E-state index is -0.208. The van der Waals surface area contributed by atoms with Crippen molar-refractivity contribution in [3.05, 3.63) is 53.5 Å². The van der Waals surface area contributed by atoms with Gasteiger partial charge in [0.1, 0.15) is 11.3 Å². The Hall–Kier alpha value is -3.06. The zero-order chi connectivity index (χ0) is 20.2. The number of morpholine rings is 1. The summed E-state index contributed by atoms with van der Waals surface area (Å²) in [4.78, 5) is 12.6. The van der Waals surface area contributed by atoms with Gasteiger partial charge in [-0.2, -0.15) is 4.98 Å². The zero-order valence-corrected chi connectivity index (χ0v) is 16.8. The second-order valence-corrected chi connectivity index (χ2v) is 8.22. The first-order chi connectivity index (χ1) is 14.6. The van der Waals surface area contributed by atoms with Crippen LogP contribution in [0.15, 0.2) is 40.8 Å².